The second-order valence-corrected chi connectivity index (χ2v) is 15.5. The molecule has 0 spiro atoms. The molecule has 0 aromatic carbocycles. The Hall–Kier alpha value is -1.50. The van der Waals surface area contributed by atoms with E-state index in [0.29, 0.717) is 6.42 Å². The first-order valence-electron chi connectivity index (χ1n) is 22.5. The normalized spacial score (nSPS) is 12.7. The first-order valence-corrected chi connectivity index (χ1v) is 22.5. The number of amides is 1. The Bertz CT molecular complexity index is 941. The SMILES string of the molecule is CCCCCCCCCCCCC/C=C/[C@@H](O)[C@H](CO)NC(=O)CCCCCCCCCCCCC/C=C\CCCCCCCC[n+]1ccccc1.[Br-]. The highest BCUT2D eigenvalue weighted by Crippen LogP contribution is 2.15. The molecule has 1 heterocycles. The van der Waals surface area contributed by atoms with Crippen LogP contribution in [0.5, 0.6) is 0 Å². The summed E-state index contributed by atoms with van der Waals surface area (Å²) < 4.78 is 2.28. The molecule has 2 atom stereocenters. The summed E-state index contributed by atoms with van der Waals surface area (Å²) in [6, 6.07) is 5.67. The van der Waals surface area contributed by atoms with Crippen LogP contribution < -0.4 is 26.9 Å². The Labute approximate surface area is 339 Å². The summed E-state index contributed by atoms with van der Waals surface area (Å²) in [6.07, 6.45) is 52.4. The number of nitrogens with zero attached hydrogens (tertiary/aromatic N) is 1. The molecule has 0 radical (unpaired) electrons. The molecule has 308 valence electrons. The summed E-state index contributed by atoms with van der Waals surface area (Å²) in [5.41, 5.74) is 0. The molecular formula is C47H85BrN2O3. The van der Waals surface area contributed by atoms with Crippen molar-refractivity contribution in [1.29, 1.82) is 0 Å². The fourth-order valence-electron chi connectivity index (χ4n) is 7.04. The minimum absolute atomic E-state index is 0. The monoisotopic (exact) mass is 805 g/mol. The van der Waals surface area contributed by atoms with Gasteiger partial charge in [0.05, 0.1) is 18.8 Å². The van der Waals surface area contributed by atoms with Gasteiger partial charge in [0, 0.05) is 25.0 Å². The molecule has 1 aromatic rings. The Morgan fingerprint density at radius 2 is 0.962 bits per heavy atom. The first kappa shape index (κ1) is 51.5. The number of halogens is 1. The van der Waals surface area contributed by atoms with Crippen molar-refractivity contribution in [3.63, 3.8) is 0 Å². The van der Waals surface area contributed by atoms with E-state index in [-0.39, 0.29) is 29.5 Å². The number of aliphatic hydroxyl groups excluding tert-OH is 2. The van der Waals surface area contributed by atoms with E-state index in [4.69, 9.17) is 0 Å². The van der Waals surface area contributed by atoms with Crippen LogP contribution in [-0.2, 0) is 11.3 Å². The molecular weight excluding hydrogens is 720 g/mol. The molecule has 0 saturated heterocycles. The van der Waals surface area contributed by atoms with Crippen molar-refractivity contribution in [1.82, 2.24) is 5.32 Å². The van der Waals surface area contributed by atoms with Crippen molar-refractivity contribution in [2.75, 3.05) is 6.61 Å². The van der Waals surface area contributed by atoms with Crippen LogP contribution in [0.2, 0.25) is 0 Å². The zero-order valence-corrected chi connectivity index (χ0v) is 36.1. The van der Waals surface area contributed by atoms with Gasteiger partial charge in [0.1, 0.15) is 6.54 Å². The van der Waals surface area contributed by atoms with Gasteiger partial charge in [0.2, 0.25) is 5.91 Å². The van der Waals surface area contributed by atoms with E-state index in [1.165, 1.54) is 173 Å². The molecule has 5 nitrogen and oxygen atoms in total. The summed E-state index contributed by atoms with van der Waals surface area (Å²) in [5, 5.41) is 23.0. The van der Waals surface area contributed by atoms with Crippen molar-refractivity contribution in [2.45, 2.75) is 231 Å². The summed E-state index contributed by atoms with van der Waals surface area (Å²) in [4.78, 5) is 12.4. The number of nitrogens with one attached hydrogen (secondary N) is 1. The maximum absolute atomic E-state index is 12.4. The van der Waals surface area contributed by atoms with Gasteiger partial charge in [0.15, 0.2) is 12.4 Å². The van der Waals surface area contributed by atoms with E-state index in [2.05, 4.69) is 59.6 Å². The van der Waals surface area contributed by atoms with Crippen LogP contribution in [0.4, 0.5) is 0 Å². The van der Waals surface area contributed by atoms with Crippen LogP contribution >= 0.6 is 0 Å². The number of pyridine rings is 1. The van der Waals surface area contributed by atoms with Gasteiger partial charge in [-0.25, -0.2) is 4.57 Å². The number of allylic oxidation sites excluding steroid dienone is 3. The van der Waals surface area contributed by atoms with Gasteiger partial charge in [-0.05, 0) is 51.4 Å². The molecule has 0 fully saturated rings. The smallest absolute Gasteiger partial charge is 0.220 e. The third kappa shape index (κ3) is 35.9. The minimum atomic E-state index is -0.839. The molecule has 3 N–H and O–H groups in total. The fraction of sp³-hybridized carbons (Fsp3) is 0.787. The summed E-state index contributed by atoms with van der Waals surface area (Å²) in [7, 11) is 0. The van der Waals surface area contributed by atoms with Gasteiger partial charge in [0.25, 0.3) is 0 Å². The van der Waals surface area contributed by atoms with Gasteiger partial charge >= 0.3 is 0 Å². The van der Waals surface area contributed by atoms with Crippen molar-refractivity contribution in [2.24, 2.45) is 0 Å². The van der Waals surface area contributed by atoms with Gasteiger partial charge in [-0.1, -0.05) is 179 Å². The number of unbranched alkanes of at least 4 members (excludes halogenated alkanes) is 28. The van der Waals surface area contributed by atoms with E-state index in [1.54, 1.807) is 6.08 Å². The molecule has 53 heavy (non-hydrogen) atoms. The highest BCUT2D eigenvalue weighted by molar-refractivity contribution is 5.76. The fourth-order valence-corrected chi connectivity index (χ4v) is 7.04. The van der Waals surface area contributed by atoms with Crippen molar-refractivity contribution < 1.29 is 36.6 Å². The molecule has 0 bridgehead atoms. The minimum Gasteiger partial charge on any atom is -1.00 e. The third-order valence-electron chi connectivity index (χ3n) is 10.5. The summed E-state index contributed by atoms with van der Waals surface area (Å²) >= 11 is 0. The number of rotatable bonds is 39. The molecule has 0 saturated carbocycles. The van der Waals surface area contributed by atoms with Crippen molar-refractivity contribution in [3.05, 3.63) is 54.9 Å². The van der Waals surface area contributed by atoms with E-state index < -0.39 is 12.1 Å². The second kappa shape index (κ2) is 41.7. The summed E-state index contributed by atoms with van der Waals surface area (Å²) in [5.74, 6) is -0.0667. The standard InChI is InChI=1S/C47H84N2O3.BrH/c1-2-3-4-5-6-7-8-18-21-24-27-30-34-39-46(51)45(44-50)48-47(52)40-35-31-28-25-22-19-16-14-12-10-9-11-13-15-17-20-23-26-29-32-36-41-49-42-37-33-38-43-49;/h13,15,33-34,37-39,42-43,45-46,50-51H,2-12,14,16-32,35-36,40-41,44H2,1H3;1H/b15-13-,39-34+;/t45-,46+;/m0./s1. The number of aliphatic hydroxyl groups is 2. The third-order valence-corrected chi connectivity index (χ3v) is 10.5. The Morgan fingerprint density at radius 1 is 0.566 bits per heavy atom. The van der Waals surface area contributed by atoms with E-state index in [0.717, 1.165) is 32.2 Å². The van der Waals surface area contributed by atoms with E-state index in [9.17, 15) is 15.0 Å². The number of hydrogen-bond acceptors (Lipinski definition) is 3. The molecule has 1 aromatic heterocycles. The molecule has 0 aliphatic carbocycles. The molecule has 1 rings (SSSR count). The molecule has 6 heteroatoms. The van der Waals surface area contributed by atoms with Crippen LogP contribution in [0.25, 0.3) is 0 Å². The first-order chi connectivity index (χ1) is 25.7. The zero-order valence-electron chi connectivity index (χ0n) is 34.5. The molecule has 0 aliphatic heterocycles. The number of carbonyl (C=O) groups is 1. The van der Waals surface area contributed by atoms with Crippen LogP contribution in [0.1, 0.15) is 212 Å². The number of aromatic nitrogens is 1. The molecule has 1 amide bonds. The lowest BCUT2D eigenvalue weighted by Gasteiger charge is -2.20. The number of hydrogen-bond donors (Lipinski definition) is 3. The van der Waals surface area contributed by atoms with Crippen LogP contribution in [0.3, 0.4) is 0 Å². The van der Waals surface area contributed by atoms with Gasteiger partial charge in [-0.3, -0.25) is 4.79 Å². The Morgan fingerprint density at radius 3 is 1.42 bits per heavy atom. The zero-order chi connectivity index (χ0) is 37.4. The predicted octanol–water partition coefficient (Wildman–Crippen LogP) is 9.43. The molecule has 0 aliphatic rings. The lowest BCUT2D eigenvalue weighted by molar-refractivity contribution is -0.697. The lowest BCUT2D eigenvalue weighted by Crippen LogP contribution is -3.00. The Balaban J connectivity index is 0.0000270. The number of aryl methyl sites for hydroxylation is 1. The van der Waals surface area contributed by atoms with Crippen LogP contribution in [-0.4, -0.2) is 34.9 Å². The van der Waals surface area contributed by atoms with Gasteiger partial charge in [-0.15, -0.1) is 0 Å². The predicted molar refractivity (Wildman–Crippen MR) is 223 cm³/mol. The van der Waals surface area contributed by atoms with Crippen LogP contribution in [0.15, 0.2) is 54.9 Å². The average molecular weight is 806 g/mol. The number of carbonyl (C=O) groups excluding carboxylic acids is 1. The topological polar surface area (TPSA) is 73.4 Å². The van der Waals surface area contributed by atoms with Gasteiger partial charge in [-0.2, -0.15) is 0 Å². The maximum atomic E-state index is 12.4. The quantitative estimate of drug-likeness (QED) is 0.0353. The van der Waals surface area contributed by atoms with Gasteiger partial charge < -0.3 is 32.5 Å². The Kier molecular flexibility index (Phi) is 40.5. The largest absolute Gasteiger partial charge is 1.00 e. The lowest BCUT2D eigenvalue weighted by atomic mass is 10.0. The van der Waals surface area contributed by atoms with E-state index >= 15 is 0 Å². The second-order valence-electron chi connectivity index (χ2n) is 15.5. The van der Waals surface area contributed by atoms with E-state index in [1.807, 2.05) is 6.08 Å². The highest BCUT2D eigenvalue weighted by atomic mass is 79.9. The van der Waals surface area contributed by atoms with Crippen molar-refractivity contribution in [3.8, 4) is 0 Å². The summed E-state index contributed by atoms with van der Waals surface area (Å²) in [6.45, 7) is 3.17. The van der Waals surface area contributed by atoms with Crippen LogP contribution in [0, 0.1) is 0 Å². The van der Waals surface area contributed by atoms with Crippen molar-refractivity contribution >= 4 is 5.91 Å². The highest BCUT2D eigenvalue weighted by Gasteiger charge is 2.18. The maximum Gasteiger partial charge on any atom is 0.220 e. The average Bonchev–Trinajstić information content (AvgIpc) is 3.16. The molecule has 0 unspecified atom stereocenters.